The summed E-state index contributed by atoms with van der Waals surface area (Å²) in [6.45, 7) is 6.86. The molecule has 2 aromatic carbocycles. The van der Waals surface area contributed by atoms with E-state index in [1.54, 1.807) is 24.3 Å². The van der Waals surface area contributed by atoms with Crippen molar-refractivity contribution < 1.29 is 29.0 Å². The van der Waals surface area contributed by atoms with Crippen molar-refractivity contribution in [3.8, 4) is 0 Å². The van der Waals surface area contributed by atoms with Crippen molar-refractivity contribution in [1.29, 1.82) is 0 Å². The number of hydrogen-bond acceptors (Lipinski definition) is 6. The van der Waals surface area contributed by atoms with Gasteiger partial charge in [-0.15, -0.1) is 0 Å². The molecular weight excluding hydrogens is 530 g/mol. The molecule has 0 aliphatic heterocycles. The number of primary amides is 1. The summed E-state index contributed by atoms with van der Waals surface area (Å²) in [5, 5.41) is 19.9. The first-order chi connectivity index (χ1) is 19.0. The minimum Gasteiger partial charge on any atom is -0.450 e. The molecule has 0 spiro atoms. The maximum absolute atomic E-state index is 13.4. The van der Waals surface area contributed by atoms with Gasteiger partial charge in [-0.25, -0.2) is 9.59 Å². The van der Waals surface area contributed by atoms with E-state index in [0.717, 1.165) is 11.6 Å². The summed E-state index contributed by atoms with van der Waals surface area (Å²) in [6.07, 6.45) is 0.0478. The zero-order chi connectivity index (χ0) is 29.5. The first-order valence-corrected chi connectivity index (χ1v) is 17.0. The molecule has 0 fully saturated rings. The van der Waals surface area contributed by atoms with Crippen molar-refractivity contribution in [2.45, 2.75) is 63.6 Å². The van der Waals surface area contributed by atoms with Crippen molar-refractivity contribution in [1.82, 2.24) is 16.0 Å². The second-order valence-corrected chi connectivity index (χ2v) is 16.3. The van der Waals surface area contributed by atoms with Crippen LogP contribution >= 0.6 is 0 Å². The van der Waals surface area contributed by atoms with Crippen molar-refractivity contribution in [2.24, 2.45) is 5.73 Å². The summed E-state index contributed by atoms with van der Waals surface area (Å²) in [6, 6.07) is 14.0. The minimum atomic E-state index is -1.42. The number of nitrogens with two attached hydrogens (primary N) is 1. The molecule has 2 atom stereocenters. The fraction of sp³-hybridized carbons (Fsp3) is 0.429. The highest BCUT2D eigenvalue weighted by Crippen LogP contribution is 2.12. The molecule has 0 saturated carbocycles. The van der Waals surface area contributed by atoms with E-state index < -0.39 is 44.1 Å². The van der Waals surface area contributed by atoms with Crippen LogP contribution in [0, 0.1) is 0 Å². The standard InChI is InChI=1S/C28H41N5O6Si/c1-40(2,3)17-16-39-28(38)33-24(18-20-8-5-4-6-9-20)26(36)32-23(10-7-15-30-27(29)37)25(35)31-22-13-11-21(19-34)12-14-22/h4-6,8-9,11-14,23-24,34H,7,10,15-19H2,1-3H3,(H,31,35)(H,32,36)(H,33,38)(H3,29,30,37)/t23-,24-/m0/s1. The Balaban J connectivity index is 2.15. The van der Waals surface area contributed by atoms with Gasteiger partial charge in [-0.1, -0.05) is 62.1 Å². The Labute approximate surface area is 236 Å². The maximum atomic E-state index is 13.4. The number of nitrogens with one attached hydrogen (secondary N) is 4. The number of alkyl carbamates (subject to hydrolysis) is 1. The number of anilines is 1. The predicted octanol–water partition coefficient (Wildman–Crippen LogP) is 2.73. The zero-order valence-corrected chi connectivity index (χ0v) is 24.4. The van der Waals surface area contributed by atoms with Crippen molar-refractivity contribution in [3.05, 3.63) is 65.7 Å². The Kier molecular flexibility index (Phi) is 13.1. The Morgan fingerprint density at radius 3 is 2.17 bits per heavy atom. The van der Waals surface area contributed by atoms with Gasteiger partial charge in [0.2, 0.25) is 11.8 Å². The smallest absolute Gasteiger partial charge is 0.407 e. The van der Waals surface area contributed by atoms with Gasteiger partial charge in [0, 0.05) is 26.7 Å². The summed E-state index contributed by atoms with van der Waals surface area (Å²) in [4.78, 5) is 50.2. The van der Waals surface area contributed by atoms with Crippen LogP contribution in [0.1, 0.15) is 24.0 Å². The van der Waals surface area contributed by atoms with Crippen molar-refractivity contribution >= 4 is 37.7 Å². The van der Waals surface area contributed by atoms with Crippen LogP contribution in [0.25, 0.3) is 0 Å². The Morgan fingerprint density at radius 2 is 1.57 bits per heavy atom. The summed E-state index contributed by atoms with van der Waals surface area (Å²) in [5.74, 6) is -1.02. The quantitative estimate of drug-likeness (QED) is 0.142. The fourth-order valence-corrected chi connectivity index (χ4v) is 4.39. The second-order valence-electron chi connectivity index (χ2n) is 10.7. The van der Waals surface area contributed by atoms with Gasteiger partial charge in [-0.3, -0.25) is 9.59 Å². The number of aliphatic hydroxyl groups excluding tert-OH is 1. The Bertz CT molecular complexity index is 1110. The molecule has 7 N–H and O–H groups in total. The average molecular weight is 572 g/mol. The fourth-order valence-electron chi connectivity index (χ4n) is 3.67. The minimum absolute atomic E-state index is 0.129. The van der Waals surface area contributed by atoms with E-state index >= 15 is 0 Å². The molecule has 0 aliphatic carbocycles. The number of ether oxygens (including phenoxy) is 1. The van der Waals surface area contributed by atoms with E-state index in [2.05, 4.69) is 40.9 Å². The monoisotopic (exact) mass is 571 g/mol. The molecular formula is C28H41N5O6Si. The zero-order valence-electron chi connectivity index (χ0n) is 23.4. The summed E-state index contributed by atoms with van der Waals surface area (Å²) in [7, 11) is -1.42. The predicted molar refractivity (Wildman–Crippen MR) is 156 cm³/mol. The van der Waals surface area contributed by atoms with Crippen molar-refractivity contribution in [3.63, 3.8) is 0 Å². The van der Waals surface area contributed by atoms with Crippen LogP contribution in [-0.4, -0.2) is 62.4 Å². The molecule has 0 bridgehead atoms. The lowest BCUT2D eigenvalue weighted by atomic mass is 10.0. The molecule has 12 heteroatoms. The molecule has 11 nitrogen and oxygen atoms in total. The Hall–Kier alpha value is -3.90. The first-order valence-electron chi connectivity index (χ1n) is 13.3. The summed E-state index contributed by atoms with van der Waals surface area (Å²) >= 11 is 0. The number of aliphatic hydroxyl groups is 1. The van der Waals surface area contributed by atoms with E-state index in [0.29, 0.717) is 17.7 Å². The van der Waals surface area contributed by atoms with Gasteiger partial charge in [0.1, 0.15) is 12.1 Å². The van der Waals surface area contributed by atoms with Gasteiger partial charge in [0.15, 0.2) is 0 Å². The number of urea groups is 1. The van der Waals surface area contributed by atoms with Crippen molar-refractivity contribution in [2.75, 3.05) is 18.5 Å². The lowest BCUT2D eigenvalue weighted by Gasteiger charge is -2.24. The van der Waals surface area contributed by atoms with Gasteiger partial charge in [0.25, 0.3) is 0 Å². The van der Waals surface area contributed by atoms with Crippen LogP contribution in [0.2, 0.25) is 25.7 Å². The average Bonchev–Trinajstić information content (AvgIpc) is 2.90. The Morgan fingerprint density at radius 1 is 0.900 bits per heavy atom. The van der Waals surface area contributed by atoms with E-state index in [1.165, 1.54) is 0 Å². The SMILES string of the molecule is C[Si](C)(C)CCOC(=O)N[C@@H](Cc1ccccc1)C(=O)N[C@@H](CCCNC(N)=O)C(=O)Nc1ccc(CO)cc1. The molecule has 0 aliphatic rings. The van der Waals surface area contributed by atoms with Gasteiger partial charge in [0.05, 0.1) is 13.2 Å². The lowest BCUT2D eigenvalue weighted by molar-refractivity contribution is -0.128. The number of carbonyl (C=O) groups excluding carboxylic acids is 4. The van der Waals surface area contributed by atoms with E-state index in [1.807, 2.05) is 30.3 Å². The van der Waals surface area contributed by atoms with Crippen LogP contribution in [0.15, 0.2) is 54.6 Å². The molecule has 0 aromatic heterocycles. The van der Waals surface area contributed by atoms with E-state index in [9.17, 15) is 24.3 Å². The number of amides is 5. The summed E-state index contributed by atoms with van der Waals surface area (Å²) in [5.41, 5.74) is 7.12. The van der Waals surface area contributed by atoms with Crippen LogP contribution in [0.5, 0.6) is 0 Å². The van der Waals surface area contributed by atoms with Crippen LogP contribution in [0.4, 0.5) is 15.3 Å². The first kappa shape index (κ1) is 32.3. The second kappa shape index (κ2) is 16.3. The third kappa shape index (κ3) is 12.8. The third-order valence-electron chi connectivity index (χ3n) is 5.98. The van der Waals surface area contributed by atoms with Crippen LogP contribution < -0.4 is 27.0 Å². The third-order valence-corrected chi connectivity index (χ3v) is 7.69. The van der Waals surface area contributed by atoms with Gasteiger partial charge in [-0.05, 0) is 42.1 Å². The number of benzene rings is 2. The number of hydrogen-bond donors (Lipinski definition) is 6. The molecule has 40 heavy (non-hydrogen) atoms. The molecule has 2 aromatic rings. The molecule has 2 rings (SSSR count). The molecule has 5 amide bonds. The maximum Gasteiger partial charge on any atom is 0.407 e. The van der Waals surface area contributed by atoms with Gasteiger partial charge < -0.3 is 36.8 Å². The molecule has 0 saturated heterocycles. The van der Waals surface area contributed by atoms with E-state index in [4.69, 9.17) is 10.5 Å². The topological polar surface area (TPSA) is 172 Å². The van der Waals surface area contributed by atoms with E-state index in [-0.39, 0.29) is 32.6 Å². The van der Waals surface area contributed by atoms with Gasteiger partial charge >= 0.3 is 12.1 Å². The highest BCUT2D eigenvalue weighted by molar-refractivity contribution is 6.76. The normalized spacial score (nSPS) is 12.5. The number of carbonyl (C=O) groups is 4. The molecule has 0 unspecified atom stereocenters. The molecule has 218 valence electrons. The summed E-state index contributed by atoms with van der Waals surface area (Å²) < 4.78 is 5.34. The molecule has 0 radical (unpaired) electrons. The largest absolute Gasteiger partial charge is 0.450 e. The van der Waals surface area contributed by atoms with Crippen LogP contribution in [-0.2, 0) is 27.4 Å². The molecule has 0 heterocycles. The highest BCUT2D eigenvalue weighted by Gasteiger charge is 2.28. The highest BCUT2D eigenvalue weighted by atomic mass is 28.3. The number of rotatable bonds is 15. The van der Waals surface area contributed by atoms with Crippen LogP contribution in [0.3, 0.4) is 0 Å². The lowest BCUT2D eigenvalue weighted by Crippen LogP contribution is -2.53. The van der Waals surface area contributed by atoms with Gasteiger partial charge in [-0.2, -0.15) is 0 Å².